The van der Waals surface area contributed by atoms with Crippen molar-refractivity contribution in [2.75, 3.05) is 6.54 Å². The van der Waals surface area contributed by atoms with Crippen LogP contribution in [0.4, 0.5) is 0 Å². The highest BCUT2D eigenvalue weighted by atomic mass is 16.5. The summed E-state index contributed by atoms with van der Waals surface area (Å²) >= 11 is 0. The van der Waals surface area contributed by atoms with Crippen LogP contribution in [-0.4, -0.2) is 24.4 Å². The number of benzene rings is 3. The number of fused-ring (bicyclic) bond motifs is 1. The van der Waals surface area contributed by atoms with Gasteiger partial charge in [0.15, 0.2) is 0 Å². The van der Waals surface area contributed by atoms with Gasteiger partial charge in [-0.3, -0.25) is 0 Å². The maximum Gasteiger partial charge on any atom is 0.420 e. The van der Waals surface area contributed by atoms with Gasteiger partial charge in [0.2, 0.25) is 0 Å². The highest BCUT2D eigenvalue weighted by Crippen LogP contribution is 2.49. The third kappa shape index (κ3) is 2.57. The normalized spacial score (nSPS) is 21.1. The molecule has 2 nitrogen and oxygen atoms in total. The minimum atomic E-state index is -0.432. The molecule has 0 radical (unpaired) electrons. The molecule has 0 aromatic heterocycles. The molecule has 0 unspecified atom stereocenters. The second-order valence-electron chi connectivity index (χ2n) is 8.14. The van der Waals surface area contributed by atoms with E-state index in [1.807, 2.05) is 0 Å². The van der Waals surface area contributed by atoms with Gasteiger partial charge in [0.05, 0.1) is 0 Å². The van der Waals surface area contributed by atoms with E-state index in [2.05, 4.69) is 97.5 Å². The zero-order valence-corrected chi connectivity index (χ0v) is 16.6. The van der Waals surface area contributed by atoms with Gasteiger partial charge in [-0.1, -0.05) is 90.0 Å². The molecule has 2 aliphatic heterocycles. The fraction of sp³-hybridized carbons (Fsp3) is 0.280. The second-order valence-corrected chi connectivity index (χ2v) is 8.14. The van der Waals surface area contributed by atoms with E-state index in [0.717, 1.165) is 13.0 Å². The smallest absolute Gasteiger partial charge is 0.402 e. The Labute approximate surface area is 168 Å². The molecule has 3 heteroatoms. The maximum absolute atomic E-state index is 7.16. The van der Waals surface area contributed by atoms with Crippen molar-refractivity contribution >= 4 is 12.5 Å². The lowest BCUT2D eigenvalue weighted by atomic mass is 9.67. The van der Waals surface area contributed by atoms with Gasteiger partial charge in [-0.05, 0) is 49.8 Å². The average Bonchev–Trinajstić information content (AvgIpc) is 3.32. The minimum absolute atomic E-state index is 0.00545. The summed E-state index contributed by atoms with van der Waals surface area (Å²) in [6, 6.07) is 28.6. The van der Waals surface area contributed by atoms with Crippen molar-refractivity contribution in [2.24, 2.45) is 0 Å². The van der Waals surface area contributed by atoms with Crippen LogP contribution < -0.4 is 5.46 Å². The summed E-state index contributed by atoms with van der Waals surface area (Å²) in [5.41, 5.74) is 6.04. The zero-order chi connectivity index (χ0) is 19.1. The molecule has 0 N–H and O–H groups in total. The molecule has 3 aromatic carbocycles. The van der Waals surface area contributed by atoms with Crippen LogP contribution in [0, 0.1) is 13.8 Å². The summed E-state index contributed by atoms with van der Waals surface area (Å²) in [5, 5.41) is 0. The number of nitrogens with zero attached hydrogens (tertiary/aromatic N) is 1. The highest BCUT2D eigenvalue weighted by Gasteiger charge is 2.59. The van der Waals surface area contributed by atoms with Crippen LogP contribution in [0.15, 0.2) is 78.9 Å². The quantitative estimate of drug-likeness (QED) is 0.635. The van der Waals surface area contributed by atoms with Crippen molar-refractivity contribution in [2.45, 2.75) is 38.3 Å². The van der Waals surface area contributed by atoms with E-state index < -0.39 is 5.60 Å². The Bertz CT molecular complexity index is 913. The minimum Gasteiger partial charge on any atom is -0.402 e. The summed E-state index contributed by atoms with van der Waals surface area (Å²) in [6.07, 6.45) is 2.38. The molecule has 0 spiro atoms. The first-order chi connectivity index (χ1) is 13.7. The molecule has 0 amide bonds. The molecular weight excluding hydrogens is 341 g/mol. The number of hydrogen-bond donors (Lipinski definition) is 0. The Balaban J connectivity index is 1.72. The molecule has 140 valence electrons. The van der Waals surface area contributed by atoms with E-state index in [-0.39, 0.29) is 7.05 Å². The summed E-state index contributed by atoms with van der Waals surface area (Å²) < 4.78 is 7.16. The SMILES string of the molecule is Cc1cccc(C)c1B1OC(c2ccccc2)(c2ccccc2)[C@@H]2CCCN12. The van der Waals surface area contributed by atoms with Gasteiger partial charge in [0, 0.05) is 6.04 Å². The van der Waals surface area contributed by atoms with Gasteiger partial charge >= 0.3 is 7.05 Å². The van der Waals surface area contributed by atoms with Crippen molar-refractivity contribution in [1.29, 1.82) is 0 Å². The van der Waals surface area contributed by atoms with Crippen LogP contribution in [0.3, 0.4) is 0 Å². The molecule has 0 bridgehead atoms. The fourth-order valence-electron chi connectivity index (χ4n) is 5.33. The molecule has 0 saturated carbocycles. The van der Waals surface area contributed by atoms with Gasteiger partial charge < -0.3 is 9.47 Å². The molecule has 2 heterocycles. The van der Waals surface area contributed by atoms with E-state index >= 15 is 0 Å². The largest absolute Gasteiger partial charge is 0.420 e. The molecule has 2 aliphatic rings. The molecule has 2 saturated heterocycles. The predicted octanol–water partition coefficient (Wildman–Crippen LogP) is 4.44. The first-order valence-electron chi connectivity index (χ1n) is 10.3. The van der Waals surface area contributed by atoms with Crippen molar-refractivity contribution < 1.29 is 4.65 Å². The van der Waals surface area contributed by atoms with Crippen molar-refractivity contribution in [3.05, 3.63) is 101 Å². The number of aryl methyl sites for hydroxylation is 2. The summed E-state index contributed by atoms with van der Waals surface area (Å²) in [5.74, 6) is 0. The lowest BCUT2D eigenvalue weighted by molar-refractivity contribution is 0.106. The van der Waals surface area contributed by atoms with Crippen molar-refractivity contribution in [3.63, 3.8) is 0 Å². The highest BCUT2D eigenvalue weighted by molar-refractivity contribution is 6.66. The molecule has 2 fully saturated rings. The topological polar surface area (TPSA) is 12.5 Å². The van der Waals surface area contributed by atoms with Crippen molar-refractivity contribution in [1.82, 2.24) is 4.81 Å². The molecule has 5 rings (SSSR count). The maximum atomic E-state index is 7.16. The van der Waals surface area contributed by atoms with E-state index in [1.165, 1.54) is 34.1 Å². The van der Waals surface area contributed by atoms with E-state index in [0.29, 0.717) is 6.04 Å². The summed E-state index contributed by atoms with van der Waals surface area (Å²) in [7, 11) is -0.00545. The first kappa shape index (κ1) is 17.7. The van der Waals surface area contributed by atoms with E-state index in [1.54, 1.807) is 0 Å². The Morgan fingerprint density at radius 1 is 0.821 bits per heavy atom. The van der Waals surface area contributed by atoms with Crippen LogP contribution in [0.5, 0.6) is 0 Å². The second kappa shape index (κ2) is 6.91. The zero-order valence-electron chi connectivity index (χ0n) is 16.6. The summed E-state index contributed by atoms with van der Waals surface area (Å²) in [6.45, 7) is 5.51. The van der Waals surface area contributed by atoms with Crippen LogP contribution >= 0.6 is 0 Å². The lowest BCUT2D eigenvalue weighted by Gasteiger charge is -2.36. The molecular formula is C25H26BNO. The van der Waals surface area contributed by atoms with Gasteiger partial charge in [-0.25, -0.2) is 0 Å². The van der Waals surface area contributed by atoms with E-state index in [9.17, 15) is 0 Å². The number of rotatable bonds is 3. The Morgan fingerprint density at radius 3 is 1.96 bits per heavy atom. The van der Waals surface area contributed by atoms with Crippen LogP contribution in [0.1, 0.15) is 35.1 Å². The monoisotopic (exact) mass is 367 g/mol. The first-order valence-corrected chi connectivity index (χ1v) is 10.3. The average molecular weight is 367 g/mol. The van der Waals surface area contributed by atoms with Crippen LogP contribution in [0.25, 0.3) is 0 Å². The van der Waals surface area contributed by atoms with Crippen LogP contribution in [-0.2, 0) is 10.3 Å². The third-order valence-corrected chi connectivity index (χ3v) is 6.56. The van der Waals surface area contributed by atoms with Crippen molar-refractivity contribution in [3.8, 4) is 0 Å². The summed E-state index contributed by atoms with van der Waals surface area (Å²) in [4.78, 5) is 2.61. The predicted molar refractivity (Wildman–Crippen MR) is 116 cm³/mol. The van der Waals surface area contributed by atoms with Gasteiger partial charge in [-0.15, -0.1) is 0 Å². The Morgan fingerprint density at radius 2 is 1.39 bits per heavy atom. The third-order valence-electron chi connectivity index (χ3n) is 6.56. The van der Waals surface area contributed by atoms with Gasteiger partial charge in [0.1, 0.15) is 5.60 Å². The van der Waals surface area contributed by atoms with Gasteiger partial charge in [-0.2, -0.15) is 0 Å². The number of hydrogen-bond acceptors (Lipinski definition) is 2. The van der Waals surface area contributed by atoms with Crippen LogP contribution in [0.2, 0.25) is 0 Å². The van der Waals surface area contributed by atoms with E-state index in [4.69, 9.17) is 4.65 Å². The molecule has 1 atom stereocenters. The Hall–Kier alpha value is -2.36. The Kier molecular flexibility index (Phi) is 4.38. The standard InChI is InChI=1S/C25H26BNO/c1-19-11-9-12-20(2)24(19)26-27-18-10-17-23(27)25(28-26,21-13-5-3-6-14-21)22-15-7-4-8-16-22/h3-9,11-16,23H,10,17-18H2,1-2H3/t23-/m0/s1. The van der Waals surface area contributed by atoms with Gasteiger partial charge in [0.25, 0.3) is 0 Å². The fourth-order valence-corrected chi connectivity index (χ4v) is 5.33. The lowest BCUT2D eigenvalue weighted by Crippen LogP contribution is -2.47. The molecule has 3 aromatic rings. The molecule has 28 heavy (non-hydrogen) atoms. The molecule has 0 aliphatic carbocycles.